The number of imide groups is 1. The van der Waals surface area contributed by atoms with Crippen LogP contribution < -0.4 is 5.32 Å². The van der Waals surface area contributed by atoms with Gasteiger partial charge < -0.3 is 10.1 Å². The number of nitrogens with one attached hydrogen (secondary N) is 1. The van der Waals surface area contributed by atoms with Crippen molar-refractivity contribution in [3.8, 4) is 0 Å². The highest BCUT2D eigenvalue weighted by atomic mass is 35.5. The number of carbonyl (C=O) groups is 3. The Hall–Kier alpha value is -2.08. The molecule has 1 heterocycles. The van der Waals surface area contributed by atoms with Crippen molar-refractivity contribution in [1.29, 1.82) is 0 Å². The monoisotopic (exact) mass is 352 g/mol. The molecule has 1 aliphatic heterocycles. The Morgan fingerprint density at radius 2 is 2.00 bits per heavy atom. The molecule has 1 saturated heterocycles. The van der Waals surface area contributed by atoms with Crippen LogP contribution in [0.25, 0.3) is 0 Å². The Bertz CT molecular complexity index is 660. The number of hydrogen-bond donors (Lipinski definition) is 1. The summed E-state index contributed by atoms with van der Waals surface area (Å²) in [6.45, 7) is 4.06. The van der Waals surface area contributed by atoms with Crippen LogP contribution in [0.1, 0.15) is 32.3 Å². The molecule has 6 nitrogen and oxygen atoms in total. The lowest BCUT2D eigenvalue weighted by molar-refractivity contribution is -0.140. The van der Waals surface area contributed by atoms with Crippen molar-refractivity contribution in [3.63, 3.8) is 0 Å². The van der Waals surface area contributed by atoms with Gasteiger partial charge in [0.1, 0.15) is 6.04 Å². The zero-order valence-corrected chi connectivity index (χ0v) is 14.7. The Kier molecular flexibility index (Phi) is 5.49. The van der Waals surface area contributed by atoms with E-state index in [1.165, 1.54) is 12.0 Å². The second-order valence-electron chi connectivity index (χ2n) is 6.40. The van der Waals surface area contributed by atoms with E-state index in [4.69, 9.17) is 11.6 Å². The minimum absolute atomic E-state index is 0.0783. The quantitative estimate of drug-likeness (QED) is 0.630. The van der Waals surface area contributed by atoms with Crippen molar-refractivity contribution < 1.29 is 19.1 Å². The smallest absolute Gasteiger partial charge is 0.324 e. The van der Waals surface area contributed by atoms with Gasteiger partial charge in [0.2, 0.25) is 0 Å². The van der Waals surface area contributed by atoms with Gasteiger partial charge in [-0.1, -0.05) is 43.6 Å². The van der Waals surface area contributed by atoms with Crippen molar-refractivity contribution >= 4 is 29.5 Å². The van der Waals surface area contributed by atoms with Crippen LogP contribution in [-0.2, 0) is 19.7 Å². The first-order valence-electron chi connectivity index (χ1n) is 7.70. The molecule has 0 unspecified atom stereocenters. The number of methoxy groups -OCH3 is 1. The standard InChI is InChI=1S/C17H21ClN2O4/c1-17(2,11-6-4-5-7-12(11)18)10-20-15(22)13(19-16(20)23)8-9-14(21)24-3/h4-7,13H,8-10H2,1-3H3,(H,19,23)/t13-/m1/s1. The molecule has 0 spiro atoms. The highest BCUT2D eigenvalue weighted by Crippen LogP contribution is 2.31. The summed E-state index contributed by atoms with van der Waals surface area (Å²) in [6, 6.07) is 6.22. The summed E-state index contributed by atoms with van der Waals surface area (Å²) < 4.78 is 4.56. The SMILES string of the molecule is COC(=O)CC[C@H]1NC(=O)N(CC(C)(C)c2ccccc2Cl)C1=O. The highest BCUT2D eigenvalue weighted by molar-refractivity contribution is 6.31. The molecule has 0 radical (unpaired) electrons. The van der Waals surface area contributed by atoms with Crippen molar-refractivity contribution in [3.05, 3.63) is 34.9 Å². The fraction of sp³-hybridized carbons (Fsp3) is 0.471. The van der Waals surface area contributed by atoms with Gasteiger partial charge in [0.05, 0.1) is 7.11 Å². The highest BCUT2D eigenvalue weighted by Gasteiger charge is 2.41. The number of carbonyl (C=O) groups excluding carboxylic acids is 3. The zero-order chi connectivity index (χ0) is 17.9. The Morgan fingerprint density at radius 1 is 1.33 bits per heavy atom. The fourth-order valence-electron chi connectivity index (χ4n) is 2.78. The molecule has 1 atom stereocenters. The maximum Gasteiger partial charge on any atom is 0.324 e. The van der Waals surface area contributed by atoms with Gasteiger partial charge in [-0.05, 0) is 18.1 Å². The maximum absolute atomic E-state index is 12.5. The third kappa shape index (κ3) is 3.87. The van der Waals surface area contributed by atoms with Gasteiger partial charge in [-0.25, -0.2) is 4.79 Å². The van der Waals surface area contributed by atoms with Crippen molar-refractivity contribution in [2.24, 2.45) is 0 Å². The van der Waals surface area contributed by atoms with Crippen LogP contribution >= 0.6 is 11.6 Å². The van der Waals surface area contributed by atoms with Crippen LogP contribution in [0, 0.1) is 0 Å². The van der Waals surface area contributed by atoms with E-state index in [-0.39, 0.29) is 25.3 Å². The lowest BCUT2D eigenvalue weighted by Crippen LogP contribution is -2.41. The summed E-state index contributed by atoms with van der Waals surface area (Å²) in [5.41, 5.74) is 0.369. The number of ether oxygens (including phenoxy) is 1. The number of esters is 1. The predicted molar refractivity (Wildman–Crippen MR) is 89.8 cm³/mol. The van der Waals surface area contributed by atoms with Gasteiger partial charge in [0.25, 0.3) is 5.91 Å². The molecule has 1 aromatic rings. The average molecular weight is 353 g/mol. The first-order valence-corrected chi connectivity index (χ1v) is 8.08. The molecule has 1 N–H and O–H groups in total. The Labute approximate surface area is 146 Å². The van der Waals surface area contributed by atoms with Gasteiger partial charge >= 0.3 is 12.0 Å². The molecule has 130 valence electrons. The summed E-state index contributed by atoms with van der Waals surface area (Å²) in [6.07, 6.45) is 0.301. The minimum atomic E-state index is -0.696. The average Bonchev–Trinajstić information content (AvgIpc) is 2.80. The Balaban J connectivity index is 2.09. The largest absolute Gasteiger partial charge is 0.469 e. The van der Waals surface area contributed by atoms with Crippen LogP contribution in [0.15, 0.2) is 24.3 Å². The molecule has 1 aliphatic rings. The van der Waals surface area contributed by atoms with E-state index in [0.29, 0.717) is 5.02 Å². The van der Waals surface area contributed by atoms with Crippen molar-refractivity contribution in [1.82, 2.24) is 10.2 Å². The second-order valence-corrected chi connectivity index (χ2v) is 6.81. The number of hydrogen-bond acceptors (Lipinski definition) is 4. The van der Waals surface area contributed by atoms with Gasteiger partial charge in [-0.3, -0.25) is 14.5 Å². The van der Waals surface area contributed by atoms with Crippen LogP contribution in [0.5, 0.6) is 0 Å². The van der Waals surface area contributed by atoms with E-state index in [2.05, 4.69) is 10.1 Å². The van der Waals surface area contributed by atoms with Crippen LogP contribution in [-0.4, -0.2) is 42.5 Å². The van der Waals surface area contributed by atoms with E-state index in [9.17, 15) is 14.4 Å². The van der Waals surface area contributed by atoms with E-state index in [0.717, 1.165) is 5.56 Å². The first kappa shape index (κ1) is 18.3. The van der Waals surface area contributed by atoms with Crippen LogP contribution in [0.3, 0.4) is 0 Å². The summed E-state index contributed by atoms with van der Waals surface area (Å²) >= 11 is 6.24. The minimum Gasteiger partial charge on any atom is -0.469 e. The molecular formula is C17H21ClN2O4. The summed E-state index contributed by atoms with van der Waals surface area (Å²) in [7, 11) is 1.29. The molecule has 7 heteroatoms. The van der Waals surface area contributed by atoms with E-state index in [1.807, 2.05) is 32.0 Å². The van der Waals surface area contributed by atoms with Gasteiger partial charge in [-0.2, -0.15) is 0 Å². The van der Waals surface area contributed by atoms with Crippen molar-refractivity contribution in [2.75, 3.05) is 13.7 Å². The topological polar surface area (TPSA) is 75.7 Å². The summed E-state index contributed by atoms with van der Waals surface area (Å²) in [5, 5.41) is 3.21. The van der Waals surface area contributed by atoms with Crippen LogP contribution in [0.2, 0.25) is 5.02 Å². The summed E-state index contributed by atoms with van der Waals surface area (Å²) in [5.74, 6) is -0.740. The zero-order valence-electron chi connectivity index (χ0n) is 14.0. The number of urea groups is 1. The molecule has 1 aromatic carbocycles. The molecule has 1 fully saturated rings. The number of benzene rings is 1. The lowest BCUT2D eigenvalue weighted by atomic mass is 9.84. The number of amides is 3. The number of rotatable bonds is 6. The third-order valence-electron chi connectivity index (χ3n) is 4.13. The first-order chi connectivity index (χ1) is 11.3. The van der Waals surface area contributed by atoms with E-state index < -0.39 is 23.5 Å². The van der Waals surface area contributed by atoms with E-state index in [1.54, 1.807) is 6.07 Å². The third-order valence-corrected chi connectivity index (χ3v) is 4.46. The van der Waals surface area contributed by atoms with Gasteiger partial charge in [0.15, 0.2) is 0 Å². The van der Waals surface area contributed by atoms with Gasteiger partial charge in [0, 0.05) is 23.4 Å². The molecule has 0 bridgehead atoms. The lowest BCUT2D eigenvalue weighted by Gasteiger charge is -2.30. The maximum atomic E-state index is 12.5. The molecule has 0 saturated carbocycles. The van der Waals surface area contributed by atoms with Crippen molar-refractivity contribution in [2.45, 2.75) is 38.1 Å². The molecule has 0 aromatic heterocycles. The summed E-state index contributed by atoms with van der Waals surface area (Å²) in [4.78, 5) is 37.0. The molecule has 0 aliphatic carbocycles. The second kappa shape index (κ2) is 7.21. The fourth-order valence-corrected chi connectivity index (χ4v) is 3.17. The predicted octanol–water partition coefficient (Wildman–Crippen LogP) is 2.49. The molecule has 24 heavy (non-hydrogen) atoms. The molecule has 2 rings (SSSR count). The molecular weight excluding hydrogens is 332 g/mol. The number of nitrogens with zero attached hydrogens (tertiary/aromatic N) is 1. The van der Waals surface area contributed by atoms with E-state index >= 15 is 0 Å². The number of halogens is 1. The Morgan fingerprint density at radius 3 is 2.62 bits per heavy atom. The van der Waals surface area contributed by atoms with Crippen LogP contribution in [0.4, 0.5) is 4.79 Å². The van der Waals surface area contributed by atoms with Gasteiger partial charge in [-0.15, -0.1) is 0 Å². The molecule has 3 amide bonds. The normalized spacial score (nSPS) is 17.8.